The van der Waals surface area contributed by atoms with E-state index in [1.54, 1.807) is 0 Å². The van der Waals surface area contributed by atoms with Gasteiger partial charge in [-0.25, -0.2) is 5.90 Å². The lowest BCUT2D eigenvalue weighted by atomic mass is 10.2. The highest BCUT2D eigenvalue weighted by molar-refractivity contribution is 7.12. The summed E-state index contributed by atoms with van der Waals surface area (Å²) < 4.78 is 0. The highest BCUT2D eigenvalue weighted by Gasteiger charge is 2.29. The zero-order valence-electron chi connectivity index (χ0n) is 8.39. The van der Waals surface area contributed by atoms with Crippen molar-refractivity contribution in [3.05, 3.63) is 22.4 Å². The minimum Gasteiger partial charge on any atom is -0.333 e. The molecule has 0 radical (unpaired) electrons. The van der Waals surface area contributed by atoms with E-state index >= 15 is 0 Å². The number of nitrogens with two attached hydrogens (primary N) is 1. The number of carbonyl (C=O) groups is 1. The van der Waals surface area contributed by atoms with E-state index in [2.05, 4.69) is 4.84 Å². The lowest BCUT2D eigenvalue weighted by Crippen LogP contribution is -2.38. The minimum absolute atomic E-state index is 0.101. The van der Waals surface area contributed by atoms with E-state index in [0.717, 1.165) is 24.3 Å². The van der Waals surface area contributed by atoms with E-state index in [1.165, 1.54) is 11.3 Å². The Morgan fingerprint density at radius 2 is 2.60 bits per heavy atom. The largest absolute Gasteiger partial charge is 0.333 e. The van der Waals surface area contributed by atoms with Crippen molar-refractivity contribution in [2.75, 3.05) is 13.2 Å². The van der Waals surface area contributed by atoms with Crippen LogP contribution in [0.25, 0.3) is 0 Å². The molecule has 2 heterocycles. The zero-order chi connectivity index (χ0) is 10.7. The van der Waals surface area contributed by atoms with Crippen molar-refractivity contribution in [3.8, 4) is 0 Å². The smallest absolute Gasteiger partial charge is 0.264 e. The van der Waals surface area contributed by atoms with Gasteiger partial charge in [-0.05, 0) is 24.3 Å². The third kappa shape index (κ3) is 2.19. The summed E-state index contributed by atoms with van der Waals surface area (Å²) in [5.74, 6) is 5.16. The van der Waals surface area contributed by atoms with E-state index in [-0.39, 0.29) is 11.9 Å². The molecule has 4 nitrogen and oxygen atoms in total. The molecule has 82 valence electrons. The van der Waals surface area contributed by atoms with Crippen LogP contribution < -0.4 is 5.90 Å². The average molecular weight is 226 g/mol. The highest BCUT2D eigenvalue weighted by Crippen LogP contribution is 2.21. The Balaban J connectivity index is 2.06. The fraction of sp³-hybridized carbons (Fsp3) is 0.500. The normalized spacial score (nSPS) is 20.9. The van der Waals surface area contributed by atoms with Crippen LogP contribution in [0.3, 0.4) is 0 Å². The van der Waals surface area contributed by atoms with Crippen LogP contribution in [0, 0.1) is 0 Å². The van der Waals surface area contributed by atoms with E-state index in [1.807, 2.05) is 22.4 Å². The second kappa shape index (κ2) is 4.74. The molecule has 0 spiro atoms. The van der Waals surface area contributed by atoms with E-state index < -0.39 is 0 Å². The SMILES string of the molecule is NOCC1CCCN1C(=O)c1cccs1. The van der Waals surface area contributed by atoms with Gasteiger partial charge in [-0.15, -0.1) is 11.3 Å². The van der Waals surface area contributed by atoms with Crippen molar-refractivity contribution < 1.29 is 9.63 Å². The highest BCUT2D eigenvalue weighted by atomic mass is 32.1. The van der Waals surface area contributed by atoms with Crippen molar-refractivity contribution in [2.24, 2.45) is 5.90 Å². The lowest BCUT2D eigenvalue weighted by molar-refractivity contribution is 0.0544. The van der Waals surface area contributed by atoms with E-state index in [9.17, 15) is 4.79 Å². The van der Waals surface area contributed by atoms with Gasteiger partial charge in [0, 0.05) is 6.54 Å². The maximum Gasteiger partial charge on any atom is 0.264 e. The molecule has 1 amide bonds. The zero-order valence-corrected chi connectivity index (χ0v) is 9.20. The summed E-state index contributed by atoms with van der Waals surface area (Å²) in [5.41, 5.74) is 0. The summed E-state index contributed by atoms with van der Waals surface area (Å²) in [4.78, 5) is 19.3. The van der Waals surface area contributed by atoms with Crippen molar-refractivity contribution in [3.63, 3.8) is 0 Å². The first kappa shape index (κ1) is 10.6. The summed E-state index contributed by atoms with van der Waals surface area (Å²) in [6.07, 6.45) is 2.01. The Labute approximate surface area is 92.6 Å². The van der Waals surface area contributed by atoms with Gasteiger partial charge in [0.05, 0.1) is 17.5 Å². The van der Waals surface area contributed by atoms with E-state index in [0.29, 0.717) is 6.61 Å². The van der Waals surface area contributed by atoms with Crippen LogP contribution in [0.2, 0.25) is 0 Å². The number of thiophene rings is 1. The van der Waals surface area contributed by atoms with Gasteiger partial charge in [0.25, 0.3) is 5.91 Å². The maximum atomic E-state index is 12.0. The number of carbonyl (C=O) groups excluding carboxylic acids is 1. The third-order valence-corrected chi connectivity index (χ3v) is 3.52. The fourth-order valence-corrected chi connectivity index (χ4v) is 2.61. The molecule has 1 unspecified atom stereocenters. The number of amides is 1. The van der Waals surface area contributed by atoms with Gasteiger partial charge in [-0.3, -0.25) is 4.79 Å². The van der Waals surface area contributed by atoms with Crippen LogP contribution >= 0.6 is 11.3 Å². The first-order valence-electron chi connectivity index (χ1n) is 4.99. The average Bonchev–Trinajstić information content (AvgIpc) is 2.87. The van der Waals surface area contributed by atoms with Crippen molar-refractivity contribution in [1.82, 2.24) is 4.90 Å². The summed E-state index contributed by atoms with van der Waals surface area (Å²) in [6, 6.07) is 3.89. The van der Waals surface area contributed by atoms with Gasteiger partial charge in [-0.1, -0.05) is 6.07 Å². The monoisotopic (exact) mass is 226 g/mol. The van der Waals surface area contributed by atoms with Gasteiger partial charge < -0.3 is 9.74 Å². The Kier molecular flexibility index (Phi) is 3.35. The van der Waals surface area contributed by atoms with Gasteiger partial charge in [0.15, 0.2) is 0 Å². The third-order valence-electron chi connectivity index (χ3n) is 2.66. The molecule has 1 aliphatic rings. The molecule has 1 atom stereocenters. The molecule has 5 heteroatoms. The molecule has 1 aromatic rings. The second-order valence-electron chi connectivity index (χ2n) is 3.61. The van der Waals surface area contributed by atoms with Crippen molar-refractivity contribution in [2.45, 2.75) is 18.9 Å². The summed E-state index contributed by atoms with van der Waals surface area (Å²) in [6.45, 7) is 1.24. The maximum absolute atomic E-state index is 12.0. The number of hydrogen-bond donors (Lipinski definition) is 1. The minimum atomic E-state index is 0.101. The van der Waals surface area contributed by atoms with Crippen LogP contribution in [-0.4, -0.2) is 30.0 Å². The summed E-state index contributed by atoms with van der Waals surface area (Å²) >= 11 is 1.47. The topological polar surface area (TPSA) is 55.6 Å². The number of likely N-dealkylation sites (tertiary alicyclic amines) is 1. The molecule has 1 aromatic heterocycles. The summed E-state index contributed by atoms with van der Waals surface area (Å²) in [7, 11) is 0. The predicted molar refractivity (Wildman–Crippen MR) is 58.5 cm³/mol. The summed E-state index contributed by atoms with van der Waals surface area (Å²) in [5, 5.41) is 1.91. The Hall–Kier alpha value is -0.910. The van der Waals surface area contributed by atoms with Crippen LogP contribution in [0.4, 0.5) is 0 Å². The Bertz CT molecular complexity index is 326. The molecular weight excluding hydrogens is 212 g/mol. The Morgan fingerprint density at radius 3 is 3.27 bits per heavy atom. The van der Waals surface area contributed by atoms with Gasteiger partial charge in [0.2, 0.25) is 0 Å². The van der Waals surface area contributed by atoms with Crippen LogP contribution in [-0.2, 0) is 4.84 Å². The molecule has 0 bridgehead atoms. The molecule has 1 saturated heterocycles. The van der Waals surface area contributed by atoms with E-state index in [4.69, 9.17) is 5.90 Å². The molecule has 0 saturated carbocycles. The van der Waals surface area contributed by atoms with Crippen LogP contribution in [0.1, 0.15) is 22.5 Å². The number of hydrogen-bond acceptors (Lipinski definition) is 4. The molecule has 1 aliphatic heterocycles. The molecule has 0 aromatic carbocycles. The van der Waals surface area contributed by atoms with Crippen LogP contribution in [0.15, 0.2) is 17.5 Å². The van der Waals surface area contributed by atoms with Gasteiger partial charge >= 0.3 is 0 Å². The molecule has 0 aliphatic carbocycles. The van der Waals surface area contributed by atoms with Crippen molar-refractivity contribution >= 4 is 17.2 Å². The molecular formula is C10H14N2O2S. The second-order valence-corrected chi connectivity index (χ2v) is 4.55. The molecule has 2 N–H and O–H groups in total. The Morgan fingerprint density at radius 1 is 1.73 bits per heavy atom. The lowest BCUT2D eigenvalue weighted by Gasteiger charge is -2.23. The standard InChI is InChI=1S/C10H14N2O2S/c11-14-7-8-3-1-5-12(8)10(13)9-4-2-6-15-9/h2,4,6,8H,1,3,5,7,11H2. The first-order chi connectivity index (χ1) is 7.33. The predicted octanol–water partition coefficient (Wildman–Crippen LogP) is 1.24. The number of nitrogens with zero attached hydrogens (tertiary/aromatic N) is 1. The van der Waals surface area contributed by atoms with Crippen LogP contribution in [0.5, 0.6) is 0 Å². The molecule has 15 heavy (non-hydrogen) atoms. The number of rotatable bonds is 3. The molecule has 1 fully saturated rings. The first-order valence-corrected chi connectivity index (χ1v) is 5.87. The van der Waals surface area contributed by atoms with Crippen molar-refractivity contribution in [1.29, 1.82) is 0 Å². The van der Waals surface area contributed by atoms with Gasteiger partial charge in [-0.2, -0.15) is 0 Å². The quantitative estimate of drug-likeness (QED) is 0.789. The molecule has 2 rings (SSSR count). The van der Waals surface area contributed by atoms with Gasteiger partial charge in [0.1, 0.15) is 0 Å². The fourth-order valence-electron chi connectivity index (χ4n) is 1.93.